The molecule has 0 aliphatic rings. The van der Waals surface area contributed by atoms with E-state index in [-0.39, 0.29) is 10.6 Å². The van der Waals surface area contributed by atoms with Gasteiger partial charge in [0.25, 0.3) is 5.69 Å². The summed E-state index contributed by atoms with van der Waals surface area (Å²) in [6.07, 6.45) is 0. The van der Waals surface area contributed by atoms with E-state index in [1.54, 1.807) is 12.1 Å². The van der Waals surface area contributed by atoms with Crippen LogP contribution >= 0.6 is 11.6 Å². The summed E-state index contributed by atoms with van der Waals surface area (Å²) < 4.78 is 2.02. The van der Waals surface area contributed by atoms with Crippen LogP contribution in [-0.4, -0.2) is 26.4 Å². The van der Waals surface area contributed by atoms with Gasteiger partial charge in [0.05, 0.1) is 22.5 Å². The molecule has 0 unspecified atom stereocenters. The lowest BCUT2D eigenvalue weighted by atomic mass is 10.1. The Hall–Kier alpha value is -2.44. The van der Waals surface area contributed by atoms with E-state index >= 15 is 0 Å². The zero-order chi connectivity index (χ0) is 17.3. The summed E-state index contributed by atoms with van der Waals surface area (Å²) in [6.45, 7) is 1.05. The monoisotopic (exact) mass is 344 g/mol. The molecule has 0 atom stereocenters. The molecular weight excluding hydrogens is 328 g/mol. The number of fused-ring (bicyclic) bond motifs is 1. The van der Waals surface area contributed by atoms with Gasteiger partial charge in [0.1, 0.15) is 5.82 Å². The van der Waals surface area contributed by atoms with E-state index in [1.165, 1.54) is 6.07 Å². The highest BCUT2D eigenvalue weighted by atomic mass is 35.5. The smallest absolute Gasteiger partial charge is 0.273 e. The molecule has 0 radical (unpaired) electrons. The van der Waals surface area contributed by atoms with Gasteiger partial charge in [0, 0.05) is 30.2 Å². The maximum absolute atomic E-state index is 11.1. The van der Waals surface area contributed by atoms with Gasteiger partial charge in [-0.2, -0.15) is 0 Å². The summed E-state index contributed by atoms with van der Waals surface area (Å²) >= 11 is 6.02. The van der Waals surface area contributed by atoms with Crippen LogP contribution in [0.2, 0.25) is 5.02 Å². The Bertz CT molecular complexity index is 907. The maximum atomic E-state index is 11.1. The fraction of sp³-hybridized carbons (Fsp3) is 0.235. The van der Waals surface area contributed by atoms with E-state index < -0.39 is 0 Å². The molecule has 24 heavy (non-hydrogen) atoms. The SMILES string of the molecule is CN(Cc1ccccc1[N+](=O)[O-])Cc1nc2cc(Cl)ccc2n1C. The summed E-state index contributed by atoms with van der Waals surface area (Å²) in [5.41, 5.74) is 2.68. The van der Waals surface area contributed by atoms with Crippen molar-refractivity contribution in [2.24, 2.45) is 7.05 Å². The van der Waals surface area contributed by atoms with Crippen molar-refractivity contribution in [2.75, 3.05) is 7.05 Å². The van der Waals surface area contributed by atoms with E-state index in [9.17, 15) is 10.1 Å². The molecule has 124 valence electrons. The lowest BCUT2D eigenvalue weighted by Crippen LogP contribution is -2.20. The molecule has 6 nitrogen and oxygen atoms in total. The fourth-order valence-corrected chi connectivity index (χ4v) is 2.94. The molecule has 0 saturated carbocycles. The zero-order valence-electron chi connectivity index (χ0n) is 13.4. The summed E-state index contributed by atoms with van der Waals surface area (Å²) in [4.78, 5) is 17.4. The highest BCUT2D eigenvalue weighted by Gasteiger charge is 2.16. The Labute approximate surface area is 144 Å². The van der Waals surface area contributed by atoms with Crippen LogP contribution in [0.3, 0.4) is 0 Å². The highest BCUT2D eigenvalue weighted by molar-refractivity contribution is 6.31. The van der Waals surface area contributed by atoms with Crippen molar-refractivity contribution >= 4 is 28.3 Å². The summed E-state index contributed by atoms with van der Waals surface area (Å²) in [5, 5.41) is 11.8. The molecule has 0 spiro atoms. The third-order valence-electron chi connectivity index (χ3n) is 3.98. The number of nitro groups is 1. The molecule has 0 N–H and O–H groups in total. The van der Waals surface area contributed by atoms with E-state index in [0.29, 0.717) is 23.7 Å². The van der Waals surface area contributed by atoms with Crippen LogP contribution < -0.4 is 0 Å². The van der Waals surface area contributed by atoms with Crippen molar-refractivity contribution < 1.29 is 4.92 Å². The van der Waals surface area contributed by atoms with Gasteiger partial charge in [-0.05, 0) is 25.2 Å². The van der Waals surface area contributed by atoms with Crippen molar-refractivity contribution in [3.8, 4) is 0 Å². The predicted octanol–water partition coefficient (Wildman–Crippen LogP) is 3.77. The number of imidazole rings is 1. The molecule has 2 aromatic carbocycles. The molecule has 0 aliphatic carbocycles. The van der Waals surface area contributed by atoms with Crippen LogP contribution in [0.25, 0.3) is 11.0 Å². The number of nitro benzene ring substituents is 1. The average molecular weight is 345 g/mol. The standard InChI is InChI=1S/C17H17ClN4O2/c1-20(10-12-5-3-4-6-15(12)22(23)24)11-17-19-14-9-13(18)7-8-16(14)21(17)2/h3-9H,10-11H2,1-2H3. The van der Waals surface area contributed by atoms with Gasteiger partial charge in [-0.25, -0.2) is 4.98 Å². The number of benzene rings is 2. The molecule has 0 amide bonds. The van der Waals surface area contributed by atoms with Crippen molar-refractivity contribution in [1.82, 2.24) is 14.5 Å². The number of aryl methyl sites for hydroxylation is 1. The first-order valence-corrected chi connectivity index (χ1v) is 7.85. The number of rotatable bonds is 5. The minimum Gasteiger partial charge on any atom is -0.330 e. The van der Waals surface area contributed by atoms with Gasteiger partial charge in [0.15, 0.2) is 0 Å². The number of aromatic nitrogens is 2. The fourth-order valence-electron chi connectivity index (χ4n) is 2.78. The van der Waals surface area contributed by atoms with Gasteiger partial charge < -0.3 is 4.57 Å². The van der Waals surface area contributed by atoms with Gasteiger partial charge in [-0.1, -0.05) is 29.8 Å². The van der Waals surface area contributed by atoms with Gasteiger partial charge in [-0.15, -0.1) is 0 Å². The second-order valence-electron chi connectivity index (χ2n) is 5.78. The normalized spacial score (nSPS) is 11.3. The van der Waals surface area contributed by atoms with Crippen molar-refractivity contribution in [2.45, 2.75) is 13.1 Å². The molecule has 0 aliphatic heterocycles. The number of halogens is 1. The topological polar surface area (TPSA) is 64.2 Å². The Balaban J connectivity index is 1.82. The van der Waals surface area contributed by atoms with E-state index in [4.69, 9.17) is 11.6 Å². The van der Waals surface area contributed by atoms with Gasteiger partial charge in [-0.3, -0.25) is 15.0 Å². The Morgan fingerprint density at radius 1 is 1.25 bits per heavy atom. The molecular formula is C17H17ClN4O2. The second kappa shape index (κ2) is 6.59. The highest BCUT2D eigenvalue weighted by Crippen LogP contribution is 2.22. The zero-order valence-corrected chi connectivity index (χ0v) is 14.2. The van der Waals surface area contributed by atoms with Crippen molar-refractivity contribution in [1.29, 1.82) is 0 Å². The van der Waals surface area contributed by atoms with E-state index in [2.05, 4.69) is 4.98 Å². The predicted molar refractivity (Wildman–Crippen MR) is 94.0 cm³/mol. The molecule has 3 aromatic rings. The molecule has 0 fully saturated rings. The van der Waals surface area contributed by atoms with Crippen LogP contribution in [0, 0.1) is 10.1 Å². The first-order chi connectivity index (χ1) is 11.5. The summed E-state index contributed by atoms with van der Waals surface area (Å²) in [6, 6.07) is 12.4. The first kappa shape index (κ1) is 16.4. The number of hydrogen-bond acceptors (Lipinski definition) is 4. The molecule has 1 aromatic heterocycles. The quantitative estimate of drug-likeness (QED) is 0.522. The number of nitrogens with zero attached hydrogens (tertiary/aromatic N) is 4. The van der Waals surface area contributed by atoms with E-state index in [0.717, 1.165) is 16.9 Å². The van der Waals surface area contributed by atoms with Gasteiger partial charge in [0.2, 0.25) is 0 Å². The largest absolute Gasteiger partial charge is 0.330 e. The Kier molecular flexibility index (Phi) is 4.51. The Morgan fingerprint density at radius 3 is 2.75 bits per heavy atom. The number of hydrogen-bond donors (Lipinski definition) is 0. The van der Waals surface area contributed by atoms with Crippen molar-refractivity contribution in [3.63, 3.8) is 0 Å². The molecule has 0 saturated heterocycles. The lowest BCUT2D eigenvalue weighted by Gasteiger charge is -2.16. The molecule has 0 bridgehead atoms. The third-order valence-corrected chi connectivity index (χ3v) is 4.21. The minimum atomic E-state index is -0.347. The number of para-hydroxylation sites is 1. The Morgan fingerprint density at radius 2 is 2.00 bits per heavy atom. The van der Waals surface area contributed by atoms with Crippen LogP contribution in [0.15, 0.2) is 42.5 Å². The van der Waals surface area contributed by atoms with Crippen LogP contribution in [-0.2, 0) is 20.1 Å². The minimum absolute atomic E-state index is 0.140. The van der Waals surface area contributed by atoms with Crippen LogP contribution in [0.5, 0.6) is 0 Å². The van der Waals surface area contributed by atoms with Crippen molar-refractivity contribution in [3.05, 3.63) is 69.0 Å². The lowest BCUT2D eigenvalue weighted by molar-refractivity contribution is -0.385. The second-order valence-corrected chi connectivity index (χ2v) is 6.21. The van der Waals surface area contributed by atoms with Crippen LogP contribution in [0.4, 0.5) is 5.69 Å². The van der Waals surface area contributed by atoms with Gasteiger partial charge >= 0.3 is 0 Å². The molecule has 3 rings (SSSR count). The summed E-state index contributed by atoms with van der Waals surface area (Å²) in [5.74, 6) is 0.883. The maximum Gasteiger partial charge on any atom is 0.273 e. The third kappa shape index (κ3) is 3.25. The average Bonchev–Trinajstić information content (AvgIpc) is 2.83. The van der Waals surface area contributed by atoms with Crippen LogP contribution in [0.1, 0.15) is 11.4 Å². The van der Waals surface area contributed by atoms with E-state index in [1.807, 2.05) is 47.8 Å². The molecule has 7 heteroatoms. The summed E-state index contributed by atoms with van der Waals surface area (Å²) in [7, 11) is 3.88. The molecule has 1 heterocycles. The first-order valence-electron chi connectivity index (χ1n) is 7.47.